The lowest BCUT2D eigenvalue weighted by atomic mass is 9.91. The molecule has 2 atom stereocenters. The van der Waals surface area contributed by atoms with E-state index in [1.807, 2.05) is 0 Å². The summed E-state index contributed by atoms with van der Waals surface area (Å²) < 4.78 is 66.0. The summed E-state index contributed by atoms with van der Waals surface area (Å²) in [6, 6.07) is 7.06. The van der Waals surface area contributed by atoms with Crippen LogP contribution in [0.2, 0.25) is 0 Å². The zero-order valence-electron chi connectivity index (χ0n) is 17.5. The molecule has 0 unspecified atom stereocenters. The van der Waals surface area contributed by atoms with Gasteiger partial charge in [0.1, 0.15) is 23.2 Å². The third-order valence-electron chi connectivity index (χ3n) is 4.98. The summed E-state index contributed by atoms with van der Waals surface area (Å²) in [5, 5.41) is 0. The monoisotopic (exact) mass is 469 g/mol. The van der Waals surface area contributed by atoms with Crippen LogP contribution in [0.5, 0.6) is 11.5 Å². The number of ketones is 1. The number of benzene rings is 2. The molecule has 2 aromatic rings. The maximum absolute atomic E-state index is 14.9. The fraction of sp³-hybridized carbons (Fsp3) is 0.318. The summed E-state index contributed by atoms with van der Waals surface area (Å²) in [6.07, 6.45) is -4.88. The van der Waals surface area contributed by atoms with Gasteiger partial charge in [0.15, 0.2) is 0 Å². The second kappa shape index (κ2) is 9.47. The van der Waals surface area contributed by atoms with E-state index >= 15 is 0 Å². The number of methoxy groups -OCH3 is 1. The predicted molar refractivity (Wildman–Crippen MR) is 104 cm³/mol. The molecule has 0 aliphatic carbocycles. The quantitative estimate of drug-likeness (QED) is 0.267. The molecule has 0 saturated carbocycles. The molecule has 11 heteroatoms. The van der Waals surface area contributed by atoms with Crippen molar-refractivity contribution in [3.05, 3.63) is 59.4 Å². The van der Waals surface area contributed by atoms with E-state index in [9.17, 15) is 31.9 Å². The highest BCUT2D eigenvalue weighted by Crippen LogP contribution is 2.43. The number of halogens is 4. The topological polar surface area (TPSA) is 82.1 Å². The summed E-state index contributed by atoms with van der Waals surface area (Å²) in [5.41, 5.74) is 0.129. The first-order chi connectivity index (χ1) is 15.6. The Hall–Kier alpha value is -3.63. The number of esters is 1. The van der Waals surface area contributed by atoms with E-state index in [-0.39, 0.29) is 24.5 Å². The number of hydrogen-bond acceptors (Lipinski definition) is 6. The van der Waals surface area contributed by atoms with Crippen molar-refractivity contribution in [2.75, 3.05) is 13.7 Å². The standard InChI is InChI=1S/C22H19F4NO6/c1-3-32-21(30)17-18(16-14(23)5-4-6-15(16)31-2)27(20(29)19(17)28)11-12-7-9-13(10-8-12)33-22(24,25)26/h4-10,17-18H,3,11H2,1-2H3/t17-,18-/m1/s1. The molecule has 1 saturated heterocycles. The lowest BCUT2D eigenvalue weighted by Crippen LogP contribution is -2.32. The molecule has 33 heavy (non-hydrogen) atoms. The number of Topliss-reactive ketones (excluding diaryl/α,β-unsaturated/α-hetero) is 1. The molecular weight excluding hydrogens is 450 g/mol. The van der Waals surface area contributed by atoms with Gasteiger partial charge >= 0.3 is 12.3 Å². The number of rotatable bonds is 7. The average Bonchev–Trinajstić information content (AvgIpc) is 2.98. The van der Waals surface area contributed by atoms with Crippen molar-refractivity contribution in [3.8, 4) is 11.5 Å². The molecule has 0 spiro atoms. The van der Waals surface area contributed by atoms with Crippen molar-refractivity contribution in [2.45, 2.75) is 25.9 Å². The minimum absolute atomic E-state index is 0.00993. The van der Waals surface area contributed by atoms with E-state index in [1.165, 1.54) is 38.3 Å². The second-order valence-corrected chi connectivity index (χ2v) is 7.02. The normalized spacial score (nSPS) is 18.4. The largest absolute Gasteiger partial charge is 0.573 e. The SMILES string of the molecule is CCOC(=O)[C@H]1C(=O)C(=O)N(Cc2ccc(OC(F)(F)F)cc2)[C@@H]1c1c(F)cccc1OC. The van der Waals surface area contributed by atoms with Gasteiger partial charge in [-0.05, 0) is 36.8 Å². The highest BCUT2D eigenvalue weighted by Gasteiger charge is 2.54. The zero-order chi connectivity index (χ0) is 24.3. The van der Waals surface area contributed by atoms with Crippen molar-refractivity contribution in [3.63, 3.8) is 0 Å². The first-order valence-electron chi connectivity index (χ1n) is 9.76. The van der Waals surface area contributed by atoms with E-state index in [4.69, 9.17) is 9.47 Å². The van der Waals surface area contributed by atoms with Gasteiger partial charge in [0.2, 0.25) is 5.78 Å². The van der Waals surface area contributed by atoms with Crippen molar-refractivity contribution in [1.82, 2.24) is 4.90 Å². The highest BCUT2D eigenvalue weighted by atomic mass is 19.4. The number of likely N-dealkylation sites (tertiary alicyclic amines) is 1. The van der Waals surface area contributed by atoms with Gasteiger partial charge in [0.25, 0.3) is 5.91 Å². The molecule has 176 valence electrons. The lowest BCUT2D eigenvalue weighted by molar-refractivity contribution is -0.274. The van der Waals surface area contributed by atoms with Gasteiger partial charge in [0.05, 0.1) is 25.3 Å². The third-order valence-corrected chi connectivity index (χ3v) is 4.98. The van der Waals surface area contributed by atoms with Gasteiger partial charge in [-0.3, -0.25) is 14.4 Å². The molecule has 7 nitrogen and oxygen atoms in total. The molecule has 0 bridgehead atoms. The Balaban J connectivity index is 2.02. The van der Waals surface area contributed by atoms with E-state index in [0.717, 1.165) is 23.1 Å². The van der Waals surface area contributed by atoms with Crippen LogP contribution in [0.15, 0.2) is 42.5 Å². The number of hydrogen-bond donors (Lipinski definition) is 0. The van der Waals surface area contributed by atoms with Crippen LogP contribution >= 0.6 is 0 Å². The maximum atomic E-state index is 14.9. The van der Waals surface area contributed by atoms with Crippen molar-refractivity contribution in [2.24, 2.45) is 5.92 Å². The molecule has 1 amide bonds. The molecule has 1 aliphatic heterocycles. The van der Waals surface area contributed by atoms with Gasteiger partial charge in [-0.2, -0.15) is 0 Å². The fourth-order valence-electron chi connectivity index (χ4n) is 3.66. The first kappa shape index (κ1) is 24.0. The summed E-state index contributed by atoms with van der Waals surface area (Å²) in [6.45, 7) is 1.15. The minimum atomic E-state index is -4.88. The number of carbonyl (C=O) groups is 3. The van der Waals surface area contributed by atoms with Crippen LogP contribution in [0.3, 0.4) is 0 Å². The van der Waals surface area contributed by atoms with Crippen LogP contribution in [-0.4, -0.2) is 42.6 Å². The molecule has 1 fully saturated rings. The van der Waals surface area contributed by atoms with Crippen LogP contribution in [-0.2, 0) is 25.7 Å². The molecule has 0 N–H and O–H groups in total. The molecular formula is C22H19F4NO6. The van der Waals surface area contributed by atoms with Crippen molar-refractivity contribution >= 4 is 17.7 Å². The zero-order valence-corrected chi connectivity index (χ0v) is 17.5. The number of alkyl halides is 3. The Bertz CT molecular complexity index is 1050. The average molecular weight is 469 g/mol. The number of amides is 1. The third kappa shape index (κ3) is 5.07. The Morgan fingerprint density at radius 3 is 2.33 bits per heavy atom. The van der Waals surface area contributed by atoms with Gasteiger partial charge in [-0.1, -0.05) is 18.2 Å². The van der Waals surface area contributed by atoms with Crippen LogP contribution in [0.4, 0.5) is 17.6 Å². The summed E-state index contributed by atoms with van der Waals surface area (Å²) in [5.74, 6) is -6.06. The molecule has 3 rings (SSSR count). The predicted octanol–water partition coefficient (Wildman–Crippen LogP) is 3.56. The Morgan fingerprint density at radius 1 is 1.09 bits per heavy atom. The minimum Gasteiger partial charge on any atom is -0.496 e. The Kier molecular flexibility index (Phi) is 6.89. The molecule has 1 aliphatic rings. The molecule has 0 radical (unpaired) electrons. The van der Waals surface area contributed by atoms with Crippen molar-refractivity contribution < 1.29 is 46.2 Å². The molecule has 0 aromatic heterocycles. The maximum Gasteiger partial charge on any atom is 0.573 e. The van der Waals surface area contributed by atoms with E-state index in [1.54, 1.807) is 0 Å². The highest BCUT2D eigenvalue weighted by molar-refractivity contribution is 6.42. The van der Waals surface area contributed by atoms with Gasteiger partial charge in [0, 0.05) is 6.54 Å². The smallest absolute Gasteiger partial charge is 0.496 e. The van der Waals surface area contributed by atoms with Crippen LogP contribution < -0.4 is 9.47 Å². The Labute approximate surface area is 185 Å². The number of nitrogens with zero attached hydrogens (tertiary/aromatic N) is 1. The van der Waals surface area contributed by atoms with Gasteiger partial charge in [-0.15, -0.1) is 13.2 Å². The summed E-state index contributed by atoms with van der Waals surface area (Å²) in [4.78, 5) is 39.1. The second-order valence-electron chi connectivity index (χ2n) is 7.02. The summed E-state index contributed by atoms with van der Waals surface area (Å²) in [7, 11) is 1.26. The van der Waals surface area contributed by atoms with Crippen molar-refractivity contribution in [1.29, 1.82) is 0 Å². The van der Waals surface area contributed by atoms with Gasteiger partial charge in [-0.25, -0.2) is 4.39 Å². The van der Waals surface area contributed by atoms with Gasteiger partial charge < -0.3 is 19.1 Å². The number of carbonyl (C=O) groups excluding carboxylic acids is 3. The number of ether oxygens (including phenoxy) is 3. The molecule has 1 heterocycles. The van der Waals surface area contributed by atoms with Crippen LogP contribution in [0.1, 0.15) is 24.1 Å². The lowest BCUT2D eigenvalue weighted by Gasteiger charge is -2.28. The van der Waals surface area contributed by atoms with E-state index < -0.39 is 47.5 Å². The fourth-order valence-corrected chi connectivity index (χ4v) is 3.66. The van der Waals surface area contributed by atoms with E-state index in [0.29, 0.717) is 5.56 Å². The van der Waals surface area contributed by atoms with Crippen LogP contribution in [0.25, 0.3) is 0 Å². The van der Waals surface area contributed by atoms with Crippen LogP contribution in [0, 0.1) is 11.7 Å². The molecule has 2 aromatic carbocycles. The summed E-state index contributed by atoms with van der Waals surface area (Å²) >= 11 is 0. The Morgan fingerprint density at radius 2 is 1.76 bits per heavy atom. The first-order valence-corrected chi connectivity index (χ1v) is 9.76. The van der Waals surface area contributed by atoms with E-state index in [2.05, 4.69) is 4.74 Å².